The number of rotatable bonds is 10. The Morgan fingerprint density at radius 2 is 1.77 bits per heavy atom. The molecule has 0 aromatic heterocycles. The lowest BCUT2D eigenvalue weighted by Gasteiger charge is -2.26. The number of carbonyl (C=O) groups excluding carboxylic acids is 1. The molecule has 3 aromatic carbocycles. The van der Waals surface area contributed by atoms with Gasteiger partial charge in [-0.25, -0.2) is 8.78 Å². The van der Waals surface area contributed by atoms with Crippen LogP contribution in [0.15, 0.2) is 71.6 Å². The molecular weight excluding hydrogens is 466 g/mol. The monoisotopic (exact) mass is 496 g/mol. The van der Waals surface area contributed by atoms with E-state index >= 15 is 0 Å². The summed E-state index contributed by atoms with van der Waals surface area (Å²) >= 11 is 1.63. The van der Waals surface area contributed by atoms with E-state index in [1.54, 1.807) is 11.8 Å². The minimum absolute atomic E-state index is 0.107. The second-order valence-electron chi connectivity index (χ2n) is 8.87. The van der Waals surface area contributed by atoms with Gasteiger partial charge in [0.1, 0.15) is 11.6 Å². The zero-order chi connectivity index (χ0) is 24.8. The summed E-state index contributed by atoms with van der Waals surface area (Å²) in [5, 5.41) is 17.2. The Bertz CT molecular complexity index is 1150. The number of hydrogen-bond donors (Lipinski definition) is 3. The Balaban J connectivity index is 1.45. The van der Waals surface area contributed by atoms with Crippen LogP contribution in [0.25, 0.3) is 0 Å². The highest BCUT2D eigenvalue weighted by Gasteiger charge is 2.32. The van der Waals surface area contributed by atoms with E-state index in [4.69, 9.17) is 0 Å². The van der Waals surface area contributed by atoms with Gasteiger partial charge in [0.25, 0.3) is 0 Å². The molecule has 0 aliphatic carbocycles. The Hall–Kier alpha value is -2.74. The van der Waals surface area contributed by atoms with Crippen molar-refractivity contribution >= 4 is 17.7 Å². The van der Waals surface area contributed by atoms with E-state index in [1.165, 1.54) is 17.7 Å². The first-order chi connectivity index (χ1) is 16.9. The molecule has 1 heterocycles. The lowest BCUT2D eigenvalue weighted by Crippen LogP contribution is -2.50. The molecule has 0 saturated carbocycles. The standard InChI is InChI=1S/C28H30F2N2O2S/c1-2-18-6-5-7-19(10-18)15-31-16-26(33)25(13-20-11-21(29)14-22(30)12-20)32-28(34)24-17-35-27-9-4-3-8-23(24)27/h3-12,14,24-26,31,33H,2,13,15-17H2,1H3,(H,32,34). The summed E-state index contributed by atoms with van der Waals surface area (Å²) in [6.45, 7) is 2.88. The quantitative estimate of drug-likeness (QED) is 0.384. The van der Waals surface area contributed by atoms with E-state index in [-0.39, 0.29) is 24.8 Å². The average Bonchev–Trinajstić information content (AvgIpc) is 3.27. The maximum absolute atomic E-state index is 13.8. The molecule has 0 saturated heterocycles. The number of benzene rings is 3. The Labute approximate surface area is 209 Å². The summed E-state index contributed by atoms with van der Waals surface area (Å²) in [7, 11) is 0. The maximum Gasteiger partial charge on any atom is 0.228 e. The van der Waals surface area contributed by atoms with E-state index in [0.717, 1.165) is 28.5 Å². The Kier molecular flexibility index (Phi) is 8.55. The van der Waals surface area contributed by atoms with E-state index in [1.807, 2.05) is 36.4 Å². The second-order valence-corrected chi connectivity index (χ2v) is 9.93. The molecule has 0 fully saturated rings. The van der Waals surface area contributed by atoms with E-state index < -0.39 is 23.8 Å². The zero-order valence-electron chi connectivity index (χ0n) is 19.6. The van der Waals surface area contributed by atoms with Crippen molar-refractivity contribution in [3.05, 3.63) is 101 Å². The largest absolute Gasteiger partial charge is 0.390 e. The molecule has 7 heteroatoms. The van der Waals surface area contributed by atoms with Crippen molar-refractivity contribution in [3.8, 4) is 0 Å². The van der Waals surface area contributed by atoms with Crippen LogP contribution < -0.4 is 10.6 Å². The SMILES string of the molecule is CCc1cccc(CNCC(O)C(Cc2cc(F)cc(F)c2)NC(=O)C2CSc3ccccc32)c1. The first-order valence-electron chi connectivity index (χ1n) is 11.9. The van der Waals surface area contributed by atoms with Crippen molar-refractivity contribution in [2.45, 2.75) is 49.3 Å². The van der Waals surface area contributed by atoms with Crippen LogP contribution in [0.1, 0.15) is 35.1 Å². The summed E-state index contributed by atoms with van der Waals surface area (Å²) in [5.41, 5.74) is 3.68. The lowest BCUT2D eigenvalue weighted by molar-refractivity contribution is -0.123. The van der Waals surface area contributed by atoms with Crippen molar-refractivity contribution in [2.24, 2.45) is 0 Å². The molecular formula is C28H30F2N2O2S. The summed E-state index contributed by atoms with van der Waals surface area (Å²) in [6, 6.07) is 18.6. The second kappa shape index (κ2) is 11.8. The summed E-state index contributed by atoms with van der Waals surface area (Å²) in [4.78, 5) is 14.3. The third kappa shape index (κ3) is 6.69. The molecule has 3 aromatic rings. The summed E-state index contributed by atoms with van der Waals surface area (Å²) < 4.78 is 27.6. The topological polar surface area (TPSA) is 61.4 Å². The summed E-state index contributed by atoms with van der Waals surface area (Å²) in [5.74, 6) is -1.28. The normalized spacial score (nSPS) is 16.5. The van der Waals surface area contributed by atoms with Gasteiger partial charge in [-0.2, -0.15) is 0 Å². The Morgan fingerprint density at radius 1 is 1.03 bits per heavy atom. The number of nitrogens with one attached hydrogen (secondary N) is 2. The number of fused-ring (bicyclic) bond motifs is 1. The molecule has 0 bridgehead atoms. The molecule has 3 unspecified atom stereocenters. The third-order valence-electron chi connectivity index (χ3n) is 6.27. The van der Waals surface area contributed by atoms with E-state index in [0.29, 0.717) is 17.9 Å². The molecule has 3 atom stereocenters. The van der Waals surface area contributed by atoms with Gasteiger partial charge in [0.2, 0.25) is 5.91 Å². The molecule has 4 nitrogen and oxygen atoms in total. The number of amides is 1. The van der Waals surface area contributed by atoms with Crippen LogP contribution >= 0.6 is 11.8 Å². The number of hydrogen-bond acceptors (Lipinski definition) is 4. The van der Waals surface area contributed by atoms with Crippen LogP contribution in [0.4, 0.5) is 8.78 Å². The van der Waals surface area contributed by atoms with Crippen LogP contribution in [0.5, 0.6) is 0 Å². The first-order valence-corrected chi connectivity index (χ1v) is 12.8. The molecule has 1 aliphatic rings. The first kappa shape index (κ1) is 25.4. The van der Waals surface area contributed by atoms with E-state index in [9.17, 15) is 18.7 Å². The van der Waals surface area contributed by atoms with Crippen LogP contribution in [-0.2, 0) is 24.2 Å². The van der Waals surface area contributed by atoms with Gasteiger partial charge in [-0.1, -0.05) is 49.4 Å². The number of aliphatic hydroxyl groups excluding tert-OH is 1. The van der Waals surface area contributed by atoms with Gasteiger partial charge < -0.3 is 15.7 Å². The van der Waals surface area contributed by atoms with Gasteiger partial charge in [-0.15, -0.1) is 11.8 Å². The summed E-state index contributed by atoms with van der Waals surface area (Å²) in [6.07, 6.45) is 0.0944. The van der Waals surface area contributed by atoms with Crippen molar-refractivity contribution < 1.29 is 18.7 Å². The number of thioether (sulfide) groups is 1. The highest BCUT2D eigenvalue weighted by Crippen LogP contribution is 2.39. The number of aryl methyl sites for hydroxylation is 1. The zero-order valence-corrected chi connectivity index (χ0v) is 20.5. The van der Waals surface area contributed by atoms with Crippen molar-refractivity contribution in [2.75, 3.05) is 12.3 Å². The molecule has 4 rings (SSSR count). The molecule has 0 radical (unpaired) electrons. The highest BCUT2D eigenvalue weighted by molar-refractivity contribution is 7.99. The lowest BCUT2D eigenvalue weighted by atomic mass is 9.97. The van der Waals surface area contributed by atoms with E-state index in [2.05, 4.69) is 29.7 Å². The molecule has 1 amide bonds. The van der Waals surface area contributed by atoms with Gasteiger partial charge in [-0.05, 0) is 53.3 Å². The van der Waals surface area contributed by atoms with Gasteiger partial charge >= 0.3 is 0 Å². The Morgan fingerprint density at radius 3 is 2.54 bits per heavy atom. The number of aliphatic hydroxyl groups is 1. The fourth-order valence-corrected chi connectivity index (χ4v) is 5.62. The van der Waals surface area contributed by atoms with Gasteiger partial charge in [0.15, 0.2) is 0 Å². The highest BCUT2D eigenvalue weighted by atomic mass is 32.2. The molecule has 184 valence electrons. The van der Waals surface area contributed by atoms with Gasteiger partial charge in [-0.3, -0.25) is 4.79 Å². The van der Waals surface area contributed by atoms with Crippen molar-refractivity contribution in [1.82, 2.24) is 10.6 Å². The third-order valence-corrected chi connectivity index (χ3v) is 7.45. The molecule has 0 spiro atoms. The minimum atomic E-state index is -0.955. The van der Waals surface area contributed by atoms with Gasteiger partial charge in [0, 0.05) is 29.8 Å². The molecule has 3 N–H and O–H groups in total. The predicted octanol–water partition coefficient (Wildman–Crippen LogP) is 4.59. The van der Waals surface area contributed by atoms with Crippen LogP contribution in [0.3, 0.4) is 0 Å². The number of halogens is 2. The minimum Gasteiger partial charge on any atom is -0.390 e. The van der Waals surface area contributed by atoms with Crippen molar-refractivity contribution in [1.29, 1.82) is 0 Å². The van der Waals surface area contributed by atoms with Gasteiger partial charge in [0.05, 0.1) is 18.1 Å². The average molecular weight is 497 g/mol. The van der Waals surface area contributed by atoms with Crippen LogP contribution in [0, 0.1) is 11.6 Å². The molecule has 35 heavy (non-hydrogen) atoms. The van der Waals surface area contributed by atoms with Crippen LogP contribution in [0.2, 0.25) is 0 Å². The fraction of sp³-hybridized carbons (Fsp3) is 0.321. The smallest absolute Gasteiger partial charge is 0.228 e. The fourth-order valence-electron chi connectivity index (χ4n) is 4.40. The van der Waals surface area contributed by atoms with Crippen LogP contribution in [-0.4, -0.2) is 35.5 Å². The molecule has 1 aliphatic heterocycles. The maximum atomic E-state index is 13.8. The van der Waals surface area contributed by atoms with Crippen molar-refractivity contribution in [3.63, 3.8) is 0 Å². The number of carbonyl (C=O) groups is 1. The predicted molar refractivity (Wildman–Crippen MR) is 135 cm³/mol.